The van der Waals surface area contributed by atoms with Crippen molar-refractivity contribution in [2.45, 2.75) is 103 Å². The largest absolute Gasteiger partial charge is 0.445 e. The minimum atomic E-state index is -0.764. The van der Waals surface area contributed by atoms with Crippen LogP contribution in [0, 0.1) is 0 Å². The molecule has 0 aliphatic carbocycles. The molecule has 0 unspecified atom stereocenters. The zero-order chi connectivity index (χ0) is 40.3. The Labute approximate surface area is 337 Å². The maximum atomic E-state index is 14.0. The maximum Gasteiger partial charge on any atom is 0.410 e. The Kier molecular flexibility index (Phi) is 16.9. The molecule has 0 bridgehead atoms. The van der Waals surface area contributed by atoms with E-state index in [0.717, 1.165) is 28.7 Å². The molecule has 1 aliphatic rings. The van der Waals surface area contributed by atoms with Crippen molar-refractivity contribution >= 4 is 18.1 Å². The van der Waals surface area contributed by atoms with E-state index in [9.17, 15) is 14.4 Å². The van der Waals surface area contributed by atoms with Gasteiger partial charge in [0.2, 0.25) is 5.91 Å². The lowest BCUT2D eigenvalue weighted by Gasteiger charge is -2.48. The number of piperidine rings is 1. The van der Waals surface area contributed by atoms with E-state index in [1.807, 2.05) is 142 Å². The quantitative estimate of drug-likeness (QED) is 0.0920. The van der Waals surface area contributed by atoms with E-state index in [0.29, 0.717) is 26.0 Å². The Morgan fingerprint density at radius 2 is 1.16 bits per heavy atom. The van der Waals surface area contributed by atoms with Crippen LogP contribution in [0.5, 0.6) is 0 Å². The van der Waals surface area contributed by atoms with Gasteiger partial charge in [-0.25, -0.2) is 9.59 Å². The first-order valence-electron chi connectivity index (χ1n) is 19.8. The number of likely N-dealkylation sites (tertiary alicyclic amines) is 1. The summed E-state index contributed by atoms with van der Waals surface area (Å²) in [5.74, 6) is -0.173. The van der Waals surface area contributed by atoms with Crippen LogP contribution in [0.1, 0.15) is 68.7 Å². The van der Waals surface area contributed by atoms with Crippen molar-refractivity contribution in [1.82, 2.24) is 15.5 Å². The van der Waals surface area contributed by atoms with E-state index in [1.165, 1.54) is 0 Å². The van der Waals surface area contributed by atoms with Crippen molar-refractivity contribution in [1.29, 1.82) is 0 Å². The number of benzene rings is 4. The van der Waals surface area contributed by atoms with Crippen molar-refractivity contribution < 1.29 is 38.1 Å². The van der Waals surface area contributed by atoms with Crippen LogP contribution in [0.25, 0.3) is 0 Å². The second kappa shape index (κ2) is 22.5. The number of rotatable bonds is 19. The molecule has 3 amide bonds. The van der Waals surface area contributed by atoms with Crippen LogP contribution in [-0.4, -0.2) is 72.6 Å². The lowest BCUT2D eigenvalue weighted by molar-refractivity contribution is -0.167. The second-order valence-corrected chi connectivity index (χ2v) is 15.2. The lowest BCUT2D eigenvalue weighted by atomic mass is 9.91. The van der Waals surface area contributed by atoms with Gasteiger partial charge < -0.3 is 34.3 Å². The molecule has 0 radical (unpaired) electrons. The first-order valence-corrected chi connectivity index (χ1v) is 19.8. The van der Waals surface area contributed by atoms with Crippen molar-refractivity contribution in [2.75, 3.05) is 19.7 Å². The van der Waals surface area contributed by atoms with Gasteiger partial charge in [0.25, 0.3) is 0 Å². The van der Waals surface area contributed by atoms with Gasteiger partial charge in [0, 0.05) is 19.5 Å². The van der Waals surface area contributed by atoms with Crippen LogP contribution in [-0.2, 0) is 54.9 Å². The predicted octanol–water partition coefficient (Wildman–Crippen LogP) is 7.96. The third-order valence-electron chi connectivity index (χ3n) is 9.40. The zero-order valence-corrected chi connectivity index (χ0v) is 33.3. The lowest BCUT2D eigenvalue weighted by Crippen LogP contribution is -2.69. The van der Waals surface area contributed by atoms with Gasteiger partial charge in [-0.3, -0.25) is 9.69 Å². The Morgan fingerprint density at radius 1 is 0.649 bits per heavy atom. The SMILES string of the molecule is CC(C)(C)OC(=O)N1C[C@@H](NC(=O)CCCCCNC(=O)OCc2ccccc2)[C@H](OCc2ccccc2)[C@@H](OCc2ccccc2)[C@H]1COCc1ccccc1. The summed E-state index contributed by atoms with van der Waals surface area (Å²) in [5.41, 5.74) is 3.07. The van der Waals surface area contributed by atoms with Gasteiger partial charge in [-0.1, -0.05) is 128 Å². The maximum absolute atomic E-state index is 14.0. The van der Waals surface area contributed by atoms with Crippen molar-refractivity contribution in [3.8, 4) is 0 Å². The van der Waals surface area contributed by atoms with Gasteiger partial charge in [-0.2, -0.15) is 0 Å². The third kappa shape index (κ3) is 15.0. The molecule has 11 nitrogen and oxygen atoms in total. The van der Waals surface area contributed by atoms with Gasteiger partial charge >= 0.3 is 12.2 Å². The number of hydrogen-bond donors (Lipinski definition) is 2. The average molecular weight is 780 g/mol. The summed E-state index contributed by atoms with van der Waals surface area (Å²) in [5, 5.41) is 5.98. The molecule has 1 fully saturated rings. The van der Waals surface area contributed by atoms with E-state index in [4.69, 9.17) is 23.7 Å². The minimum absolute atomic E-state index is 0.125. The molecular weight excluding hydrogens is 723 g/mol. The first-order chi connectivity index (χ1) is 27.6. The normalized spacial score (nSPS) is 18.1. The number of carbonyl (C=O) groups excluding carboxylic acids is 3. The Balaban J connectivity index is 1.29. The summed E-state index contributed by atoms with van der Waals surface area (Å²) < 4.78 is 31.0. The molecule has 1 heterocycles. The van der Waals surface area contributed by atoms with Gasteiger partial charge in [0.1, 0.15) is 24.4 Å². The summed E-state index contributed by atoms with van der Waals surface area (Å²) in [7, 11) is 0. The highest BCUT2D eigenvalue weighted by atomic mass is 16.6. The minimum Gasteiger partial charge on any atom is -0.445 e. The number of nitrogens with zero attached hydrogens (tertiary/aromatic N) is 1. The van der Waals surface area contributed by atoms with Crippen LogP contribution in [0.4, 0.5) is 9.59 Å². The molecule has 0 aromatic heterocycles. The van der Waals surface area contributed by atoms with E-state index >= 15 is 0 Å². The van der Waals surface area contributed by atoms with Gasteiger partial charge in [0.15, 0.2) is 0 Å². The van der Waals surface area contributed by atoms with Gasteiger partial charge in [-0.05, 0) is 55.9 Å². The van der Waals surface area contributed by atoms with E-state index in [2.05, 4.69) is 10.6 Å². The average Bonchev–Trinajstić information content (AvgIpc) is 3.21. The number of nitrogens with one attached hydrogen (secondary N) is 2. The monoisotopic (exact) mass is 779 g/mol. The fourth-order valence-electron chi connectivity index (χ4n) is 6.57. The highest BCUT2D eigenvalue weighted by Crippen LogP contribution is 2.29. The van der Waals surface area contributed by atoms with Crippen LogP contribution >= 0.6 is 0 Å². The fourth-order valence-corrected chi connectivity index (χ4v) is 6.57. The molecule has 4 atom stereocenters. The third-order valence-corrected chi connectivity index (χ3v) is 9.40. The molecule has 2 N–H and O–H groups in total. The van der Waals surface area contributed by atoms with Crippen LogP contribution in [0.2, 0.25) is 0 Å². The molecule has 5 rings (SSSR count). The van der Waals surface area contributed by atoms with Crippen LogP contribution in [0.15, 0.2) is 121 Å². The number of amides is 3. The molecule has 4 aromatic rings. The highest BCUT2D eigenvalue weighted by Gasteiger charge is 2.48. The number of unbranched alkanes of at least 4 members (excludes halogenated alkanes) is 2. The van der Waals surface area contributed by atoms with Crippen LogP contribution < -0.4 is 10.6 Å². The molecule has 11 heteroatoms. The number of carbonyl (C=O) groups is 3. The predicted molar refractivity (Wildman–Crippen MR) is 218 cm³/mol. The number of ether oxygens (including phenoxy) is 5. The molecule has 304 valence electrons. The Bertz CT molecular complexity index is 1770. The van der Waals surface area contributed by atoms with Gasteiger partial charge in [0.05, 0.1) is 38.5 Å². The summed E-state index contributed by atoms with van der Waals surface area (Å²) in [6.45, 7) is 7.25. The van der Waals surface area contributed by atoms with Crippen molar-refractivity contribution in [3.05, 3.63) is 144 Å². The first kappa shape index (κ1) is 42.9. The summed E-state index contributed by atoms with van der Waals surface area (Å²) >= 11 is 0. The molecule has 0 spiro atoms. The zero-order valence-electron chi connectivity index (χ0n) is 33.3. The summed E-state index contributed by atoms with van der Waals surface area (Å²) in [4.78, 5) is 41.4. The summed E-state index contributed by atoms with van der Waals surface area (Å²) in [6, 6.07) is 37.8. The molecule has 57 heavy (non-hydrogen) atoms. The Morgan fingerprint density at radius 3 is 1.70 bits per heavy atom. The molecule has 1 saturated heterocycles. The van der Waals surface area contributed by atoms with E-state index < -0.39 is 42.1 Å². The van der Waals surface area contributed by atoms with Crippen LogP contribution in [0.3, 0.4) is 0 Å². The number of hydrogen-bond acceptors (Lipinski definition) is 8. The van der Waals surface area contributed by atoms with E-state index in [1.54, 1.807) is 4.90 Å². The number of alkyl carbamates (subject to hydrolysis) is 1. The topological polar surface area (TPSA) is 125 Å². The molecule has 1 aliphatic heterocycles. The van der Waals surface area contributed by atoms with Crippen molar-refractivity contribution in [2.24, 2.45) is 0 Å². The highest BCUT2D eigenvalue weighted by molar-refractivity contribution is 5.76. The summed E-state index contributed by atoms with van der Waals surface area (Å²) in [6.07, 6.45) is -0.0830. The Hall–Kier alpha value is -5.23. The molecule has 4 aromatic carbocycles. The molecular formula is C46H57N3O8. The van der Waals surface area contributed by atoms with E-state index in [-0.39, 0.29) is 45.3 Å². The fraction of sp³-hybridized carbons (Fsp3) is 0.413. The van der Waals surface area contributed by atoms with Gasteiger partial charge in [-0.15, -0.1) is 0 Å². The second-order valence-electron chi connectivity index (χ2n) is 15.2. The standard InChI is InChI=1S/C46H57N3O8/c1-46(2,3)57-45(52)49-29-39(48-41(50)27-17-8-18-28-47-44(51)56-33-38-25-15-7-16-26-38)42(54-31-36-21-11-5-12-22-36)43(55-32-37-23-13-6-14-24-37)40(49)34-53-30-35-19-9-4-10-20-35/h4-7,9-16,19-26,39-40,42-43H,8,17-18,27-34H2,1-3H3,(H,47,51)(H,48,50)/t39-,40-,42+,43+/m1/s1. The van der Waals surface area contributed by atoms with Crippen molar-refractivity contribution in [3.63, 3.8) is 0 Å². The molecule has 0 saturated carbocycles. The smallest absolute Gasteiger partial charge is 0.410 e.